The largest absolute Gasteiger partial charge is 0.495 e. The molecule has 1 aromatic carbocycles. The van der Waals surface area contributed by atoms with Gasteiger partial charge in [0.25, 0.3) is 5.91 Å². The first kappa shape index (κ1) is 20.4. The van der Waals surface area contributed by atoms with Gasteiger partial charge in [-0.25, -0.2) is 0 Å². The fraction of sp³-hybridized carbons (Fsp3) is 0.381. The van der Waals surface area contributed by atoms with Crippen molar-refractivity contribution in [3.8, 4) is 5.75 Å². The van der Waals surface area contributed by atoms with E-state index in [2.05, 4.69) is 0 Å². The number of furan rings is 1. The smallest absolute Gasteiger partial charge is 0.289 e. The molecule has 1 aliphatic heterocycles. The molecule has 154 valence electrons. The van der Waals surface area contributed by atoms with Crippen LogP contribution in [0.15, 0.2) is 47.1 Å². The van der Waals surface area contributed by atoms with Crippen LogP contribution in [0.5, 0.6) is 5.75 Å². The van der Waals surface area contributed by atoms with Crippen molar-refractivity contribution < 1.29 is 23.5 Å². The normalized spacial score (nSPS) is 13.9. The predicted molar refractivity (Wildman–Crippen MR) is 107 cm³/mol. The summed E-state index contributed by atoms with van der Waals surface area (Å²) in [4.78, 5) is 42.0. The molecular weight excluding hydrogens is 374 g/mol. The van der Waals surface area contributed by atoms with E-state index in [4.69, 9.17) is 9.15 Å². The molecule has 3 rings (SSSR count). The quantitative estimate of drug-likeness (QED) is 0.742. The van der Waals surface area contributed by atoms with Gasteiger partial charge >= 0.3 is 0 Å². The molecule has 2 aromatic rings. The zero-order chi connectivity index (χ0) is 20.8. The summed E-state index contributed by atoms with van der Waals surface area (Å²) in [6.07, 6.45) is 1.67. The van der Waals surface area contributed by atoms with Crippen LogP contribution in [0.4, 0.5) is 5.69 Å². The molecule has 0 unspecified atom stereocenters. The number of piperazine rings is 1. The van der Waals surface area contributed by atoms with Crippen molar-refractivity contribution >= 4 is 23.4 Å². The van der Waals surface area contributed by atoms with Gasteiger partial charge in [0.05, 0.1) is 19.1 Å². The van der Waals surface area contributed by atoms with Gasteiger partial charge in [-0.05, 0) is 24.3 Å². The number of carbonyl (C=O) groups excluding carboxylic acids is 3. The number of para-hydroxylation sites is 2. The van der Waals surface area contributed by atoms with Gasteiger partial charge in [-0.3, -0.25) is 14.4 Å². The molecule has 29 heavy (non-hydrogen) atoms. The molecule has 0 bridgehead atoms. The SMILES string of the molecule is COc1ccccc1N(CCC(=O)N1CCN(C(=O)c2ccco2)CC1)C(C)=O. The minimum Gasteiger partial charge on any atom is -0.495 e. The Morgan fingerprint density at radius 2 is 1.72 bits per heavy atom. The number of hydrogen-bond acceptors (Lipinski definition) is 5. The molecule has 0 atom stereocenters. The first-order chi connectivity index (χ1) is 14.0. The maximum atomic E-state index is 12.7. The lowest BCUT2D eigenvalue weighted by Gasteiger charge is -2.34. The number of benzene rings is 1. The van der Waals surface area contributed by atoms with Gasteiger partial charge in [-0.1, -0.05) is 12.1 Å². The Balaban J connectivity index is 1.55. The Morgan fingerprint density at radius 1 is 1.03 bits per heavy atom. The third-order valence-electron chi connectivity index (χ3n) is 4.96. The van der Waals surface area contributed by atoms with Crippen molar-refractivity contribution in [2.24, 2.45) is 0 Å². The summed E-state index contributed by atoms with van der Waals surface area (Å²) in [6, 6.07) is 10.5. The number of ether oxygens (including phenoxy) is 1. The second-order valence-electron chi connectivity index (χ2n) is 6.74. The van der Waals surface area contributed by atoms with Gasteiger partial charge in [-0.15, -0.1) is 0 Å². The predicted octanol–water partition coefficient (Wildman–Crippen LogP) is 2.02. The van der Waals surface area contributed by atoms with E-state index in [0.717, 1.165) is 0 Å². The van der Waals surface area contributed by atoms with Crippen molar-refractivity contribution in [2.45, 2.75) is 13.3 Å². The lowest BCUT2D eigenvalue weighted by Crippen LogP contribution is -2.51. The molecule has 3 amide bonds. The highest BCUT2D eigenvalue weighted by Gasteiger charge is 2.26. The second-order valence-corrected chi connectivity index (χ2v) is 6.74. The van der Waals surface area contributed by atoms with Gasteiger partial charge in [0.2, 0.25) is 11.8 Å². The van der Waals surface area contributed by atoms with E-state index < -0.39 is 0 Å². The number of hydrogen-bond donors (Lipinski definition) is 0. The molecule has 1 aliphatic rings. The number of carbonyl (C=O) groups is 3. The van der Waals surface area contributed by atoms with Crippen LogP contribution < -0.4 is 9.64 Å². The van der Waals surface area contributed by atoms with Crippen molar-refractivity contribution in [3.05, 3.63) is 48.4 Å². The highest BCUT2D eigenvalue weighted by atomic mass is 16.5. The van der Waals surface area contributed by atoms with E-state index in [1.807, 2.05) is 12.1 Å². The molecule has 2 heterocycles. The molecule has 8 heteroatoms. The Hall–Kier alpha value is -3.29. The fourth-order valence-corrected chi connectivity index (χ4v) is 3.38. The Kier molecular flexibility index (Phi) is 6.54. The molecule has 8 nitrogen and oxygen atoms in total. The highest BCUT2D eigenvalue weighted by molar-refractivity contribution is 5.94. The summed E-state index contributed by atoms with van der Waals surface area (Å²) in [5.74, 6) is 0.521. The van der Waals surface area contributed by atoms with Gasteiger partial charge in [0.1, 0.15) is 5.75 Å². The third kappa shape index (κ3) is 4.77. The van der Waals surface area contributed by atoms with Crippen LogP contribution in [-0.4, -0.2) is 67.4 Å². The number of amides is 3. The summed E-state index contributed by atoms with van der Waals surface area (Å²) in [5.41, 5.74) is 0.643. The van der Waals surface area contributed by atoms with Crippen LogP contribution in [-0.2, 0) is 9.59 Å². The van der Waals surface area contributed by atoms with Crippen molar-refractivity contribution in [2.75, 3.05) is 44.7 Å². The number of anilines is 1. The summed E-state index contributed by atoms with van der Waals surface area (Å²) in [5, 5.41) is 0. The van der Waals surface area contributed by atoms with Crippen molar-refractivity contribution in [1.29, 1.82) is 0 Å². The van der Waals surface area contributed by atoms with Crippen molar-refractivity contribution in [3.63, 3.8) is 0 Å². The molecule has 0 saturated carbocycles. The molecular formula is C21H25N3O5. The van der Waals surface area contributed by atoms with Crippen LogP contribution in [0, 0.1) is 0 Å². The van der Waals surface area contributed by atoms with Gasteiger partial charge in [-0.2, -0.15) is 0 Å². The zero-order valence-corrected chi connectivity index (χ0v) is 16.7. The standard InChI is InChI=1S/C21H25N3O5/c1-16(25)24(17-6-3-4-7-18(17)28-2)10-9-20(26)22-11-13-23(14-12-22)21(27)19-8-5-15-29-19/h3-8,15H,9-14H2,1-2H3. The van der Waals surface area contributed by atoms with Gasteiger partial charge < -0.3 is 23.9 Å². The van der Waals surface area contributed by atoms with E-state index in [-0.39, 0.29) is 30.7 Å². The average Bonchev–Trinajstić information content (AvgIpc) is 3.28. The Bertz CT molecular complexity index is 857. The average molecular weight is 399 g/mol. The molecule has 1 aromatic heterocycles. The van der Waals surface area contributed by atoms with Crippen LogP contribution in [0.2, 0.25) is 0 Å². The summed E-state index contributed by atoms with van der Waals surface area (Å²) >= 11 is 0. The highest BCUT2D eigenvalue weighted by Crippen LogP contribution is 2.28. The monoisotopic (exact) mass is 399 g/mol. The minimum atomic E-state index is -0.166. The van der Waals surface area contributed by atoms with Crippen LogP contribution >= 0.6 is 0 Å². The first-order valence-electron chi connectivity index (χ1n) is 9.53. The number of rotatable bonds is 6. The molecule has 1 saturated heterocycles. The first-order valence-corrected chi connectivity index (χ1v) is 9.53. The molecule has 0 spiro atoms. The van der Waals surface area contributed by atoms with Crippen LogP contribution in [0.1, 0.15) is 23.9 Å². The van der Waals surface area contributed by atoms with Crippen LogP contribution in [0.25, 0.3) is 0 Å². The zero-order valence-electron chi connectivity index (χ0n) is 16.7. The summed E-state index contributed by atoms with van der Waals surface area (Å²) < 4.78 is 10.5. The molecule has 0 aliphatic carbocycles. The topological polar surface area (TPSA) is 83.3 Å². The van der Waals surface area contributed by atoms with E-state index >= 15 is 0 Å². The second kappa shape index (κ2) is 9.27. The summed E-state index contributed by atoms with van der Waals surface area (Å²) in [7, 11) is 1.55. The van der Waals surface area contributed by atoms with Crippen LogP contribution in [0.3, 0.4) is 0 Å². The maximum absolute atomic E-state index is 12.7. The number of methoxy groups -OCH3 is 1. The fourth-order valence-electron chi connectivity index (χ4n) is 3.38. The lowest BCUT2D eigenvalue weighted by molar-refractivity contribution is -0.132. The lowest BCUT2D eigenvalue weighted by atomic mass is 10.2. The molecule has 0 N–H and O–H groups in total. The maximum Gasteiger partial charge on any atom is 0.289 e. The molecule has 1 fully saturated rings. The summed E-state index contributed by atoms with van der Waals surface area (Å²) in [6.45, 7) is 3.55. The Morgan fingerprint density at radius 3 is 2.34 bits per heavy atom. The third-order valence-corrected chi connectivity index (χ3v) is 4.96. The number of nitrogens with zero attached hydrogens (tertiary/aromatic N) is 3. The van der Waals surface area contributed by atoms with E-state index in [1.165, 1.54) is 13.2 Å². The van der Waals surface area contributed by atoms with E-state index in [1.54, 1.807) is 46.1 Å². The Labute approximate surface area is 169 Å². The van der Waals surface area contributed by atoms with Crippen molar-refractivity contribution in [1.82, 2.24) is 9.80 Å². The van der Waals surface area contributed by atoms with E-state index in [0.29, 0.717) is 43.4 Å². The van der Waals surface area contributed by atoms with E-state index in [9.17, 15) is 14.4 Å². The van der Waals surface area contributed by atoms with Gasteiger partial charge in [0.15, 0.2) is 5.76 Å². The molecule has 0 radical (unpaired) electrons. The van der Waals surface area contributed by atoms with Gasteiger partial charge in [0, 0.05) is 46.1 Å². The minimum absolute atomic E-state index is 0.0451.